The average molecular weight is 390 g/mol. The molecule has 2 rings (SSSR count). The molecular weight excluding hydrogens is 375 g/mol. The summed E-state index contributed by atoms with van der Waals surface area (Å²) in [5, 5.41) is 0. The lowest BCUT2D eigenvalue weighted by Gasteiger charge is -2.20. The summed E-state index contributed by atoms with van der Waals surface area (Å²) in [6, 6.07) is 7.27. The van der Waals surface area contributed by atoms with Gasteiger partial charge >= 0.3 is 6.18 Å². The van der Waals surface area contributed by atoms with E-state index in [1.165, 1.54) is 0 Å². The summed E-state index contributed by atoms with van der Waals surface area (Å²) in [6.07, 6.45) is -4.26. The highest BCUT2D eigenvalue weighted by molar-refractivity contribution is 9.10. The molecule has 0 amide bonds. The quantitative estimate of drug-likeness (QED) is 0.751. The van der Waals surface area contributed by atoms with E-state index < -0.39 is 23.7 Å². The fourth-order valence-corrected chi connectivity index (χ4v) is 2.21. The van der Waals surface area contributed by atoms with Gasteiger partial charge in [-0.3, -0.25) is 0 Å². The van der Waals surface area contributed by atoms with Gasteiger partial charge in [-0.25, -0.2) is 4.98 Å². The van der Waals surface area contributed by atoms with Gasteiger partial charge in [0, 0.05) is 23.4 Å². The SMILES string of the molecule is CC(C)Oc1nc(N(C)c2cccc(Br)c2)ncc1C(F)(F)F. The van der Waals surface area contributed by atoms with Crippen molar-refractivity contribution >= 4 is 27.6 Å². The van der Waals surface area contributed by atoms with Gasteiger partial charge in [0.2, 0.25) is 11.8 Å². The molecule has 0 aliphatic carbocycles. The third-order valence-electron chi connectivity index (χ3n) is 2.89. The maximum absolute atomic E-state index is 13.0. The second-order valence-electron chi connectivity index (χ2n) is 5.09. The van der Waals surface area contributed by atoms with Crippen molar-refractivity contribution in [1.82, 2.24) is 9.97 Å². The number of hydrogen-bond acceptors (Lipinski definition) is 4. The first kappa shape index (κ1) is 17.5. The van der Waals surface area contributed by atoms with Crippen molar-refractivity contribution in [3.63, 3.8) is 0 Å². The van der Waals surface area contributed by atoms with Crippen LogP contribution in [0.25, 0.3) is 0 Å². The van der Waals surface area contributed by atoms with Crippen LogP contribution in [0.15, 0.2) is 34.9 Å². The number of ether oxygens (including phenoxy) is 1. The molecule has 1 heterocycles. The molecule has 0 fully saturated rings. The Bertz CT molecular complexity index is 692. The number of alkyl halides is 3. The van der Waals surface area contributed by atoms with Gasteiger partial charge < -0.3 is 9.64 Å². The minimum Gasteiger partial charge on any atom is -0.474 e. The first-order valence-electron chi connectivity index (χ1n) is 6.78. The van der Waals surface area contributed by atoms with Gasteiger partial charge in [0.15, 0.2) is 0 Å². The molecule has 23 heavy (non-hydrogen) atoms. The lowest BCUT2D eigenvalue weighted by Crippen LogP contribution is -2.19. The van der Waals surface area contributed by atoms with Crippen molar-refractivity contribution in [1.29, 1.82) is 0 Å². The molecule has 0 spiro atoms. The molecule has 2 aromatic rings. The minimum atomic E-state index is -4.57. The molecule has 0 bridgehead atoms. The number of nitrogens with zero attached hydrogens (tertiary/aromatic N) is 3. The van der Waals surface area contributed by atoms with Crippen LogP contribution in [-0.4, -0.2) is 23.1 Å². The number of benzene rings is 1. The molecular formula is C15H15BrF3N3O. The maximum Gasteiger partial charge on any atom is 0.423 e. The first-order valence-corrected chi connectivity index (χ1v) is 7.58. The van der Waals surface area contributed by atoms with Crippen molar-refractivity contribution < 1.29 is 17.9 Å². The van der Waals surface area contributed by atoms with Crippen LogP contribution in [0.5, 0.6) is 5.88 Å². The van der Waals surface area contributed by atoms with Crippen LogP contribution >= 0.6 is 15.9 Å². The molecule has 124 valence electrons. The Morgan fingerprint density at radius 1 is 1.26 bits per heavy atom. The van der Waals surface area contributed by atoms with Gasteiger partial charge in [0.1, 0.15) is 5.56 Å². The Morgan fingerprint density at radius 2 is 1.96 bits per heavy atom. The Hall–Kier alpha value is -1.83. The van der Waals surface area contributed by atoms with E-state index >= 15 is 0 Å². The third-order valence-corrected chi connectivity index (χ3v) is 3.38. The van der Waals surface area contributed by atoms with Gasteiger partial charge in [-0.05, 0) is 32.0 Å². The van der Waals surface area contributed by atoms with E-state index in [1.807, 2.05) is 18.2 Å². The normalized spacial score (nSPS) is 11.7. The molecule has 0 aliphatic rings. The average Bonchev–Trinajstić information content (AvgIpc) is 2.44. The van der Waals surface area contributed by atoms with E-state index in [0.29, 0.717) is 0 Å². The molecule has 1 aromatic heterocycles. The van der Waals surface area contributed by atoms with Gasteiger partial charge in [0.25, 0.3) is 0 Å². The molecule has 1 aromatic carbocycles. The van der Waals surface area contributed by atoms with E-state index in [4.69, 9.17) is 4.74 Å². The summed E-state index contributed by atoms with van der Waals surface area (Å²) in [5.41, 5.74) is -0.257. The molecule has 0 N–H and O–H groups in total. The molecule has 0 atom stereocenters. The predicted molar refractivity (Wildman–Crippen MR) is 85.0 cm³/mol. The highest BCUT2D eigenvalue weighted by Crippen LogP contribution is 2.36. The smallest absolute Gasteiger partial charge is 0.423 e. The largest absolute Gasteiger partial charge is 0.474 e. The molecule has 0 saturated heterocycles. The lowest BCUT2D eigenvalue weighted by atomic mass is 10.3. The summed E-state index contributed by atoms with van der Waals surface area (Å²) >= 11 is 3.35. The summed E-state index contributed by atoms with van der Waals surface area (Å²) in [5.74, 6) is -0.355. The molecule has 0 radical (unpaired) electrons. The number of hydrogen-bond donors (Lipinski definition) is 0. The standard InChI is InChI=1S/C15H15BrF3N3O/c1-9(2)23-13-12(15(17,18)19)8-20-14(21-13)22(3)11-6-4-5-10(16)7-11/h4-9H,1-3H3. The molecule has 4 nitrogen and oxygen atoms in total. The Kier molecular flexibility index (Phi) is 5.13. The fourth-order valence-electron chi connectivity index (χ4n) is 1.83. The summed E-state index contributed by atoms with van der Waals surface area (Å²) in [7, 11) is 1.67. The van der Waals surface area contributed by atoms with Crippen LogP contribution in [0.2, 0.25) is 0 Å². The van der Waals surface area contributed by atoms with Crippen LogP contribution in [0.4, 0.5) is 24.8 Å². The molecule has 0 saturated carbocycles. The van der Waals surface area contributed by atoms with Crippen LogP contribution < -0.4 is 9.64 Å². The van der Waals surface area contributed by atoms with Crippen molar-refractivity contribution in [2.45, 2.75) is 26.1 Å². The van der Waals surface area contributed by atoms with Crippen LogP contribution in [0.3, 0.4) is 0 Å². The Morgan fingerprint density at radius 3 is 2.52 bits per heavy atom. The monoisotopic (exact) mass is 389 g/mol. The summed E-state index contributed by atoms with van der Waals surface area (Å²) < 4.78 is 45.1. The highest BCUT2D eigenvalue weighted by Gasteiger charge is 2.36. The van der Waals surface area contributed by atoms with Gasteiger partial charge in [-0.15, -0.1) is 0 Å². The maximum atomic E-state index is 13.0. The van der Waals surface area contributed by atoms with E-state index in [0.717, 1.165) is 16.4 Å². The highest BCUT2D eigenvalue weighted by atomic mass is 79.9. The number of rotatable bonds is 4. The first-order chi connectivity index (χ1) is 10.7. The fraction of sp³-hybridized carbons (Fsp3) is 0.333. The number of anilines is 2. The van der Waals surface area contributed by atoms with Gasteiger partial charge in [-0.2, -0.15) is 18.2 Å². The van der Waals surface area contributed by atoms with E-state index in [-0.39, 0.29) is 5.95 Å². The Labute approximate surface area is 140 Å². The zero-order valence-corrected chi connectivity index (χ0v) is 14.3. The van der Waals surface area contributed by atoms with E-state index in [9.17, 15) is 13.2 Å². The van der Waals surface area contributed by atoms with E-state index in [1.54, 1.807) is 31.9 Å². The third kappa shape index (κ3) is 4.34. The van der Waals surface area contributed by atoms with Crippen LogP contribution in [0.1, 0.15) is 19.4 Å². The van der Waals surface area contributed by atoms with Gasteiger partial charge in [-0.1, -0.05) is 22.0 Å². The zero-order chi connectivity index (χ0) is 17.2. The number of aromatic nitrogens is 2. The molecule has 0 aliphatic heterocycles. The summed E-state index contributed by atoms with van der Waals surface area (Å²) in [6.45, 7) is 3.28. The molecule has 8 heteroatoms. The minimum absolute atomic E-state index is 0.117. The van der Waals surface area contributed by atoms with Crippen molar-refractivity contribution in [2.24, 2.45) is 0 Å². The second-order valence-corrected chi connectivity index (χ2v) is 6.01. The topological polar surface area (TPSA) is 38.2 Å². The van der Waals surface area contributed by atoms with Crippen molar-refractivity contribution in [3.8, 4) is 5.88 Å². The Balaban J connectivity index is 2.44. The van der Waals surface area contributed by atoms with E-state index in [2.05, 4.69) is 25.9 Å². The second kappa shape index (κ2) is 6.74. The van der Waals surface area contributed by atoms with Crippen LogP contribution in [0, 0.1) is 0 Å². The predicted octanol–water partition coefficient (Wildman–Crippen LogP) is 4.81. The lowest BCUT2D eigenvalue weighted by molar-refractivity contribution is -0.139. The zero-order valence-electron chi connectivity index (χ0n) is 12.7. The number of halogens is 4. The van der Waals surface area contributed by atoms with Gasteiger partial charge in [0.05, 0.1) is 6.10 Å². The van der Waals surface area contributed by atoms with Crippen molar-refractivity contribution in [3.05, 3.63) is 40.5 Å². The summed E-state index contributed by atoms with van der Waals surface area (Å²) in [4.78, 5) is 9.34. The molecule has 0 unspecified atom stereocenters. The van der Waals surface area contributed by atoms with Crippen molar-refractivity contribution in [2.75, 3.05) is 11.9 Å². The van der Waals surface area contributed by atoms with Crippen LogP contribution in [-0.2, 0) is 6.18 Å².